The number of hydrogen-bond donors (Lipinski definition) is 2. The lowest BCUT2D eigenvalue weighted by Crippen LogP contribution is -2.33. The summed E-state index contributed by atoms with van der Waals surface area (Å²) < 4.78 is 14.4. The molecule has 5 heteroatoms. The van der Waals surface area contributed by atoms with Gasteiger partial charge in [-0.15, -0.1) is 0 Å². The van der Waals surface area contributed by atoms with E-state index in [1.54, 1.807) is 0 Å². The highest BCUT2D eigenvalue weighted by atomic mass is 79.9. The molecule has 20 heavy (non-hydrogen) atoms. The van der Waals surface area contributed by atoms with Crippen LogP contribution in [0.25, 0.3) is 0 Å². The molecule has 2 rings (SSSR count). The number of hydrogen-bond acceptors (Lipinski definition) is 1. The number of benzene rings is 1. The quantitative estimate of drug-likeness (QED) is 0.474. The summed E-state index contributed by atoms with van der Waals surface area (Å²) in [6.07, 6.45) is 5.41. The van der Waals surface area contributed by atoms with Gasteiger partial charge in [0.15, 0.2) is 5.96 Å². The van der Waals surface area contributed by atoms with E-state index in [2.05, 4.69) is 26.2 Å². The van der Waals surface area contributed by atoms with Gasteiger partial charge in [-0.05, 0) is 49.3 Å². The molecule has 0 unspecified atom stereocenters. The Morgan fingerprint density at radius 1 is 1.45 bits per heavy atom. The maximum absolute atomic E-state index is 13.6. The first-order valence-electron chi connectivity index (χ1n) is 7.13. The molecule has 3 nitrogen and oxygen atoms in total. The Morgan fingerprint density at radius 3 is 2.90 bits per heavy atom. The first-order valence-corrected chi connectivity index (χ1v) is 7.92. The number of aryl methyl sites for hydroxylation is 1. The van der Waals surface area contributed by atoms with E-state index in [1.807, 2.05) is 12.1 Å². The van der Waals surface area contributed by atoms with E-state index >= 15 is 0 Å². The smallest absolute Gasteiger partial charge is 0.188 e. The molecule has 1 aliphatic carbocycles. The van der Waals surface area contributed by atoms with Crippen molar-refractivity contribution in [3.8, 4) is 0 Å². The van der Waals surface area contributed by atoms with Gasteiger partial charge in [0.1, 0.15) is 5.82 Å². The lowest BCUT2D eigenvalue weighted by molar-refractivity contribution is 0.326. The van der Waals surface area contributed by atoms with Crippen molar-refractivity contribution in [2.24, 2.45) is 16.6 Å². The highest BCUT2D eigenvalue weighted by Gasteiger charge is 2.16. The summed E-state index contributed by atoms with van der Waals surface area (Å²) >= 11 is 3.25. The minimum Gasteiger partial charge on any atom is -0.370 e. The van der Waals surface area contributed by atoms with Crippen molar-refractivity contribution in [3.63, 3.8) is 0 Å². The maximum atomic E-state index is 13.6. The van der Waals surface area contributed by atoms with Crippen molar-refractivity contribution in [2.45, 2.75) is 32.1 Å². The summed E-state index contributed by atoms with van der Waals surface area (Å²) in [5.74, 6) is 1.08. The number of nitrogens with two attached hydrogens (primary N) is 1. The van der Waals surface area contributed by atoms with Crippen LogP contribution in [0.2, 0.25) is 0 Å². The van der Waals surface area contributed by atoms with Gasteiger partial charge in [-0.1, -0.05) is 28.4 Å². The number of halogens is 2. The fraction of sp³-hybridized carbons (Fsp3) is 0.533. The lowest BCUT2D eigenvalue weighted by Gasteiger charge is -2.23. The van der Waals surface area contributed by atoms with Gasteiger partial charge >= 0.3 is 0 Å². The average Bonchev–Trinajstić information content (AvgIpc) is 2.35. The van der Waals surface area contributed by atoms with Crippen molar-refractivity contribution in [3.05, 3.63) is 34.1 Å². The third-order valence-corrected chi connectivity index (χ3v) is 4.18. The van der Waals surface area contributed by atoms with Gasteiger partial charge in [0.05, 0.1) is 0 Å². The van der Waals surface area contributed by atoms with Gasteiger partial charge in [0, 0.05) is 17.6 Å². The van der Waals surface area contributed by atoms with Gasteiger partial charge < -0.3 is 11.1 Å². The molecule has 1 aliphatic rings. The molecule has 0 amide bonds. The number of nitrogens with one attached hydrogen (secondary N) is 1. The van der Waals surface area contributed by atoms with Crippen LogP contribution in [0.4, 0.5) is 4.39 Å². The fourth-order valence-corrected chi connectivity index (χ4v) is 2.51. The standard InChI is InChI=1S/C15H21BrFN3/c16-13-7-6-12(14(17)9-13)5-2-8-19-15(18)20-10-11-3-1-4-11/h6-7,9,11H,1-5,8,10H2,(H3,18,19,20). The van der Waals surface area contributed by atoms with Crippen LogP contribution in [0, 0.1) is 11.7 Å². The molecule has 3 N–H and O–H groups in total. The molecule has 0 atom stereocenters. The van der Waals surface area contributed by atoms with E-state index in [1.165, 1.54) is 25.3 Å². The van der Waals surface area contributed by atoms with Gasteiger partial charge in [-0.2, -0.15) is 0 Å². The normalized spacial score (nSPS) is 16.0. The Labute approximate surface area is 128 Å². The first kappa shape index (κ1) is 15.3. The molecule has 0 aromatic heterocycles. The second-order valence-electron chi connectivity index (χ2n) is 5.29. The van der Waals surface area contributed by atoms with E-state index in [0.717, 1.165) is 35.5 Å². The number of guanidine groups is 1. The number of nitrogens with zero attached hydrogens (tertiary/aromatic N) is 1. The molecule has 1 saturated carbocycles. The number of rotatable bonds is 6. The second-order valence-corrected chi connectivity index (χ2v) is 6.20. The summed E-state index contributed by atoms with van der Waals surface area (Å²) in [6, 6.07) is 5.17. The highest BCUT2D eigenvalue weighted by Crippen LogP contribution is 2.26. The topological polar surface area (TPSA) is 50.4 Å². The molecule has 0 bridgehead atoms. The van der Waals surface area contributed by atoms with Crippen LogP contribution in [0.5, 0.6) is 0 Å². The van der Waals surface area contributed by atoms with Crippen LogP contribution < -0.4 is 11.1 Å². The summed E-state index contributed by atoms with van der Waals surface area (Å²) in [5.41, 5.74) is 6.52. The fourth-order valence-electron chi connectivity index (χ4n) is 2.18. The third kappa shape index (κ3) is 4.78. The SMILES string of the molecule is NC(=NCC1CCC1)NCCCc1ccc(Br)cc1F. The minimum absolute atomic E-state index is 0.161. The first-order chi connectivity index (χ1) is 9.65. The average molecular weight is 342 g/mol. The molecule has 0 heterocycles. The Morgan fingerprint density at radius 2 is 2.25 bits per heavy atom. The summed E-state index contributed by atoms with van der Waals surface area (Å²) in [7, 11) is 0. The molecule has 0 spiro atoms. The zero-order valence-corrected chi connectivity index (χ0v) is 13.1. The molecular formula is C15H21BrFN3. The predicted octanol–water partition coefficient (Wildman–Crippen LogP) is 3.23. The van der Waals surface area contributed by atoms with E-state index in [9.17, 15) is 4.39 Å². The van der Waals surface area contributed by atoms with Gasteiger partial charge in [-0.25, -0.2) is 4.39 Å². The van der Waals surface area contributed by atoms with Gasteiger partial charge in [0.2, 0.25) is 0 Å². The molecule has 0 radical (unpaired) electrons. The lowest BCUT2D eigenvalue weighted by atomic mass is 9.86. The van der Waals surface area contributed by atoms with Gasteiger partial charge in [-0.3, -0.25) is 4.99 Å². The van der Waals surface area contributed by atoms with Crippen LogP contribution in [-0.2, 0) is 6.42 Å². The summed E-state index contributed by atoms with van der Waals surface area (Å²) in [6.45, 7) is 1.55. The van der Waals surface area contributed by atoms with Crippen molar-refractivity contribution in [1.82, 2.24) is 5.32 Å². The Kier molecular flexibility index (Phi) is 5.83. The monoisotopic (exact) mass is 341 g/mol. The van der Waals surface area contributed by atoms with Crippen molar-refractivity contribution in [2.75, 3.05) is 13.1 Å². The zero-order valence-electron chi connectivity index (χ0n) is 11.5. The van der Waals surface area contributed by atoms with Crippen LogP contribution in [0.15, 0.2) is 27.7 Å². The van der Waals surface area contributed by atoms with Crippen LogP contribution in [-0.4, -0.2) is 19.0 Å². The third-order valence-electron chi connectivity index (χ3n) is 3.69. The molecule has 110 valence electrons. The van der Waals surface area contributed by atoms with Gasteiger partial charge in [0.25, 0.3) is 0 Å². The van der Waals surface area contributed by atoms with E-state index in [-0.39, 0.29) is 5.82 Å². The summed E-state index contributed by atoms with van der Waals surface area (Å²) in [5, 5.41) is 3.08. The van der Waals surface area contributed by atoms with E-state index in [4.69, 9.17) is 5.73 Å². The zero-order chi connectivity index (χ0) is 14.4. The molecule has 1 fully saturated rings. The molecule has 0 aliphatic heterocycles. The van der Waals surface area contributed by atoms with Crippen LogP contribution >= 0.6 is 15.9 Å². The van der Waals surface area contributed by atoms with Crippen LogP contribution in [0.3, 0.4) is 0 Å². The van der Waals surface area contributed by atoms with Crippen molar-refractivity contribution >= 4 is 21.9 Å². The summed E-state index contributed by atoms with van der Waals surface area (Å²) in [4.78, 5) is 4.32. The van der Waals surface area contributed by atoms with E-state index in [0.29, 0.717) is 12.4 Å². The molecular weight excluding hydrogens is 321 g/mol. The molecule has 0 saturated heterocycles. The Hall–Kier alpha value is -1.10. The van der Waals surface area contributed by atoms with E-state index < -0.39 is 0 Å². The maximum Gasteiger partial charge on any atom is 0.188 e. The molecule has 1 aromatic rings. The Bertz CT molecular complexity index is 472. The van der Waals surface area contributed by atoms with Crippen LogP contribution in [0.1, 0.15) is 31.2 Å². The van der Waals surface area contributed by atoms with Crippen molar-refractivity contribution in [1.29, 1.82) is 0 Å². The minimum atomic E-state index is -0.161. The largest absolute Gasteiger partial charge is 0.370 e. The molecule has 1 aromatic carbocycles. The van der Waals surface area contributed by atoms with Crippen molar-refractivity contribution < 1.29 is 4.39 Å². The highest BCUT2D eigenvalue weighted by molar-refractivity contribution is 9.10. The second kappa shape index (κ2) is 7.62. The Balaban J connectivity index is 1.65. The number of aliphatic imine (C=N–C) groups is 1. The predicted molar refractivity (Wildman–Crippen MR) is 84.3 cm³/mol.